The Morgan fingerprint density at radius 1 is 0.850 bits per heavy atom. The number of fused-ring (bicyclic) bond motifs is 1. The van der Waals surface area contributed by atoms with E-state index in [9.17, 15) is 22.0 Å². The number of aromatic nitrogens is 3. The second kappa shape index (κ2) is 10.5. The summed E-state index contributed by atoms with van der Waals surface area (Å²) in [7, 11) is 0. The molecule has 0 spiro atoms. The van der Waals surface area contributed by atoms with Gasteiger partial charge in [0.25, 0.3) is 0 Å². The summed E-state index contributed by atoms with van der Waals surface area (Å²) in [4.78, 5) is 12.9. The highest BCUT2D eigenvalue weighted by Crippen LogP contribution is 2.43. The Balaban J connectivity index is 1.71. The van der Waals surface area contributed by atoms with Gasteiger partial charge in [0.05, 0.1) is 33.4 Å². The molecular weight excluding hydrogens is 529 g/mol. The van der Waals surface area contributed by atoms with Crippen molar-refractivity contribution in [3.05, 3.63) is 107 Å². The lowest BCUT2D eigenvalue weighted by Crippen LogP contribution is -2.11. The molecule has 5 rings (SSSR count). The molecule has 0 N–H and O–H groups in total. The predicted molar refractivity (Wildman–Crippen MR) is 139 cm³/mol. The minimum atomic E-state index is -4.72. The summed E-state index contributed by atoms with van der Waals surface area (Å²) in [6.07, 6.45) is -2.54. The van der Waals surface area contributed by atoms with Crippen LogP contribution in [0, 0.1) is 32.4 Å². The van der Waals surface area contributed by atoms with Crippen LogP contribution < -0.4 is 9.47 Å². The van der Waals surface area contributed by atoms with Gasteiger partial charge in [-0.2, -0.15) is 13.2 Å². The number of pyridine rings is 3. The van der Waals surface area contributed by atoms with Gasteiger partial charge < -0.3 is 9.47 Å². The minimum absolute atomic E-state index is 0.0696. The van der Waals surface area contributed by atoms with Gasteiger partial charge in [-0.15, -0.1) is 0 Å². The summed E-state index contributed by atoms with van der Waals surface area (Å²) in [6, 6.07) is 14.5. The lowest BCUT2D eigenvalue weighted by molar-refractivity contribution is -0.138. The van der Waals surface area contributed by atoms with E-state index < -0.39 is 23.4 Å². The number of rotatable bonds is 6. The molecular formula is C30H22F5N3O2. The molecule has 0 saturated carbocycles. The van der Waals surface area contributed by atoms with Crippen LogP contribution in [0.15, 0.2) is 67.0 Å². The highest BCUT2D eigenvalue weighted by molar-refractivity contribution is 5.90. The van der Waals surface area contributed by atoms with Crippen LogP contribution in [-0.4, -0.2) is 15.0 Å². The van der Waals surface area contributed by atoms with Gasteiger partial charge in [-0.3, -0.25) is 4.98 Å². The van der Waals surface area contributed by atoms with Gasteiger partial charge >= 0.3 is 6.18 Å². The number of hydrogen-bond acceptors (Lipinski definition) is 5. The number of aryl methyl sites for hydroxylation is 1. The molecule has 40 heavy (non-hydrogen) atoms. The summed E-state index contributed by atoms with van der Waals surface area (Å²) in [5, 5.41) is 0.596. The van der Waals surface area contributed by atoms with Crippen molar-refractivity contribution in [2.45, 2.75) is 33.6 Å². The first-order chi connectivity index (χ1) is 19.0. The van der Waals surface area contributed by atoms with E-state index >= 15 is 0 Å². The maximum atomic E-state index is 14.2. The molecule has 0 unspecified atom stereocenters. The fraction of sp³-hybridized carbons (Fsp3) is 0.167. The van der Waals surface area contributed by atoms with Crippen LogP contribution in [-0.2, 0) is 12.8 Å². The molecule has 0 aliphatic heterocycles. The molecule has 0 radical (unpaired) electrons. The number of nitrogens with zero attached hydrogens (tertiary/aromatic N) is 3. The molecule has 0 aliphatic carbocycles. The Bertz CT molecular complexity index is 1720. The summed E-state index contributed by atoms with van der Waals surface area (Å²) >= 11 is 0. The van der Waals surface area contributed by atoms with Gasteiger partial charge in [0.2, 0.25) is 5.88 Å². The van der Waals surface area contributed by atoms with E-state index in [1.54, 1.807) is 13.0 Å². The molecule has 5 aromatic rings. The van der Waals surface area contributed by atoms with Crippen molar-refractivity contribution in [2.75, 3.05) is 0 Å². The lowest BCUT2D eigenvalue weighted by atomic mass is 10.0. The topological polar surface area (TPSA) is 57.1 Å². The van der Waals surface area contributed by atoms with Crippen molar-refractivity contribution in [1.29, 1.82) is 0 Å². The van der Waals surface area contributed by atoms with Crippen LogP contribution in [0.5, 0.6) is 17.4 Å². The minimum Gasteiger partial charge on any atom is -0.488 e. The standard InChI is InChI=1S/C30H22F5N3O2/c1-16-20(30(33,34)35)14-37-29(40-24-10-9-21(31)28(32)17(24)2)26(16)23-13-25(39-15-19-7-5-4-6-8-19)27-18(3)36-12-11-22(27)38-23/h4-14H,15H2,1-3H3. The maximum absolute atomic E-state index is 14.2. The first kappa shape index (κ1) is 27.0. The zero-order chi connectivity index (χ0) is 28.6. The molecule has 0 bridgehead atoms. The van der Waals surface area contributed by atoms with E-state index in [-0.39, 0.29) is 40.6 Å². The van der Waals surface area contributed by atoms with Crippen LogP contribution in [0.2, 0.25) is 0 Å². The molecule has 0 saturated heterocycles. The molecule has 0 amide bonds. The molecule has 2 aromatic carbocycles. The van der Waals surface area contributed by atoms with E-state index in [1.165, 1.54) is 32.2 Å². The van der Waals surface area contributed by atoms with Gasteiger partial charge in [0.1, 0.15) is 18.1 Å². The number of hydrogen-bond donors (Lipinski definition) is 0. The van der Waals surface area contributed by atoms with Crippen LogP contribution in [0.4, 0.5) is 22.0 Å². The Labute approximate surface area is 226 Å². The molecule has 3 heterocycles. The lowest BCUT2D eigenvalue weighted by Gasteiger charge is -2.19. The van der Waals surface area contributed by atoms with Gasteiger partial charge in [0.15, 0.2) is 11.6 Å². The van der Waals surface area contributed by atoms with Crippen LogP contribution in [0.1, 0.15) is 27.9 Å². The first-order valence-corrected chi connectivity index (χ1v) is 12.2. The normalized spacial score (nSPS) is 11.6. The van der Waals surface area contributed by atoms with Gasteiger partial charge in [-0.25, -0.2) is 18.7 Å². The first-order valence-electron chi connectivity index (χ1n) is 12.2. The van der Waals surface area contributed by atoms with Crippen LogP contribution >= 0.6 is 0 Å². The van der Waals surface area contributed by atoms with Gasteiger partial charge in [-0.1, -0.05) is 30.3 Å². The molecule has 3 aromatic heterocycles. The second-order valence-corrected chi connectivity index (χ2v) is 9.13. The Morgan fingerprint density at radius 2 is 1.60 bits per heavy atom. The third kappa shape index (κ3) is 5.16. The van der Waals surface area contributed by atoms with E-state index in [0.717, 1.165) is 11.6 Å². The molecule has 10 heteroatoms. The highest BCUT2D eigenvalue weighted by atomic mass is 19.4. The van der Waals surface area contributed by atoms with Crippen molar-refractivity contribution >= 4 is 10.9 Å². The monoisotopic (exact) mass is 551 g/mol. The molecule has 0 atom stereocenters. The number of halogens is 5. The Kier molecular flexibility index (Phi) is 7.10. The fourth-order valence-electron chi connectivity index (χ4n) is 4.38. The van der Waals surface area contributed by atoms with Crippen molar-refractivity contribution in [3.63, 3.8) is 0 Å². The van der Waals surface area contributed by atoms with E-state index in [0.29, 0.717) is 28.5 Å². The quantitative estimate of drug-likeness (QED) is 0.199. The average Bonchev–Trinajstić information content (AvgIpc) is 2.92. The highest BCUT2D eigenvalue weighted by Gasteiger charge is 2.35. The predicted octanol–water partition coefficient (Wildman–Crippen LogP) is 8.29. The third-order valence-corrected chi connectivity index (χ3v) is 6.47. The average molecular weight is 552 g/mol. The smallest absolute Gasteiger partial charge is 0.418 e. The molecule has 0 fully saturated rings. The van der Waals surface area contributed by atoms with Crippen molar-refractivity contribution in [3.8, 4) is 28.6 Å². The van der Waals surface area contributed by atoms with Crippen molar-refractivity contribution in [2.24, 2.45) is 0 Å². The SMILES string of the molecule is Cc1c(Oc2ncc(C(F)(F)F)c(C)c2-c2cc(OCc3ccccc3)c3c(C)nccc3n2)ccc(F)c1F. The van der Waals surface area contributed by atoms with Crippen LogP contribution in [0.3, 0.4) is 0 Å². The number of ether oxygens (including phenoxy) is 2. The molecule has 0 aliphatic rings. The van der Waals surface area contributed by atoms with E-state index in [1.807, 2.05) is 30.3 Å². The van der Waals surface area contributed by atoms with Crippen molar-refractivity contribution < 1.29 is 31.4 Å². The fourth-order valence-corrected chi connectivity index (χ4v) is 4.38. The number of alkyl halides is 3. The Hall–Kier alpha value is -4.60. The van der Waals surface area contributed by atoms with Gasteiger partial charge in [-0.05, 0) is 50.1 Å². The summed E-state index contributed by atoms with van der Waals surface area (Å²) in [6.45, 7) is 4.53. The largest absolute Gasteiger partial charge is 0.488 e. The molecule has 204 valence electrons. The van der Waals surface area contributed by atoms with Gasteiger partial charge in [0, 0.05) is 24.0 Å². The second-order valence-electron chi connectivity index (χ2n) is 9.13. The summed E-state index contributed by atoms with van der Waals surface area (Å²) in [5.74, 6) is -2.23. The number of benzene rings is 2. The van der Waals surface area contributed by atoms with Crippen LogP contribution in [0.25, 0.3) is 22.2 Å². The summed E-state index contributed by atoms with van der Waals surface area (Å²) in [5.41, 5.74) is 0.594. The van der Waals surface area contributed by atoms with E-state index in [4.69, 9.17) is 9.47 Å². The third-order valence-electron chi connectivity index (χ3n) is 6.47. The van der Waals surface area contributed by atoms with E-state index in [2.05, 4.69) is 15.0 Å². The zero-order valence-electron chi connectivity index (χ0n) is 21.6. The van der Waals surface area contributed by atoms with Crippen molar-refractivity contribution in [1.82, 2.24) is 15.0 Å². The zero-order valence-corrected chi connectivity index (χ0v) is 21.6. The summed E-state index contributed by atoms with van der Waals surface area (Å²) < 4.78 is 81.7. The Morgan fingerprint density at radius 3 is 2.33 bits per heavy atom. The molecule has 5 nitrogen and oxygen atoms in total. The maximum Gasteiger partial charge on any atom is 0.418 e.